The summed E-state index contributed by atoms with van der Waals surface area (Å²) >= 11 is 3.26. The van der Waals surface area contributed by atoms with Crippen molar-refractivity contribution in [3.63, 3.8) is 0 Å². The molecule has 1 N–H and O–H groups in total. The number of aromatic nitrogens is 2. The Morgan fingerprint density at radius 3 is 2.70 bits per heavy atom. The number of ether oxygens (including phenoxy) is 1. The van der Waals surface area contributed by atoms with Crippen LogP contribution in [0.5, 0.6) is 0 Å². The Balaban J connectivity index is 2.09. The molecule has 3 rings (SSSR count). The van der Waals surface area contributed by atoms with Gasteiger partial charge in [0.15, 0.2) is 0 Å². The molecule has 5 nitrogen and oxygen atoms in total. The number of nitrogens with zero attached hydrogens (tertiary/aromatic N) is 2. The second kappa shape index (κ2) is 5.63. The van der Waals surface area contributed by atoms with Crippen molar-refractivity contribution in [2.45, 2.75) is 31.7 Å². The molecule has 23 heavy (non-hydrogen) atoms. The zero-order valence-electron chi connectivity index (χ0n) is 11.8. The number of halogens is 4. The van der Waals surface area contributed by atoms with Crippen LogP contribution in [0.25, 0.3) is 10.9 Å². The second-order valence-electron chi connectivity index (χ2n) is 5.24. The maximum absolute atomic E-state index is 13.0. The third-order valence-electron chi connectivity index (χ3n) is 3.39. The summed E-state index contributed by atoms with van der Waals surface area (Å²) in [6.07, 6.45) is -4.61. The standard InChI is InChI=1S/C14H11BrF3N3O2/c1-6-4-10(12(22)23-6)19-11-8-5-7(15)2-3-9(8)20-13(21-11)14(16,17)18/h2-3,5-6,10H,4H2,1H3,(H,19,20,21)/t6-,10-/m0/s1. The number of rotatable bonds is 2. The van der Waals surface area contributed by atoms with Crippen LogP contribution in [0.3, 0.4) is 0 Å². The van der Waals surface area contributed by atoms with Crippen LogP contribution in [0.2, 0.25) is 0 Å². The van der Waals surface area contributed by atoms with Gasteiger partial charge < -0.3 is 10.1 Å². The first-order valence-electron chi connectivity index (χ1n) is 6.75. The van der Waals surface area contributed by atoms with Crippen LogP contribution < -0.4 is 5.32 Å². The van der Waals surface area contributed by atoms with Crippen molar-refractivity contribution in [1.29, 1.82) is 0 Å². The number of benzene rings is 1. The lowest BCUT2D eigenvalue weighted by Crippen LogP contribution is -2.26. The van der Waals surface area contributed by atoms with E-state index < -0.39 is 24.0 Å². The summed E-state index contributed by atoms with van der Waals surface area (Å²) in [6.45, 7) is 1.72. The first kappa shape index (κ1) is 16.0. The topological polar surface area (TPSA) is 64.1 Å². The lowest BCUT2D eigenvalue weighted by molar-refractivity contribution is -0.144. The molecule has 1 aliphatic rings. The van der Waals surface area contributed by atoms with Crippen LogP contribution in [0.15, 0.2) is 22.7 Å². The fourth-order valence-corrected chi connectivity index (χ4v) is 2.74. The Bertz CT molecular complexity index is 782. The summed E-state index contributed by atoms with van der Waals surface area (Å²) in [4.78, 5) is 18.8. The first-order valence-corrected chi connectivity index (χ1v) is 7.55. The van der Waals surface area contributed by atoms with E-state index in [1.54, 1.807) is 19.1 Å². The van der Waals surface area contributed by atoms with E-state index in [1.165, 1.54) is 6.07 Å². The Kier molecular flexibility index (Phi) is 3.91. The van der Waals surface area contributed by atoms with E-state index in [4.69, 9.17) is 4.74 Å². The van der Waals surface area contributed by atoms with Crippen LogP contribution in [-0.4, -0.2) is 28.1 Å². The molecule has 0 amide bonds. The Morgan fingerprint density at radius 2 is 2.09 bits per heavy atom. The summed E-state index contributed by atoms with van der Waals surface area (Å²) in [5.41, 5.74) is 0.137. The molecule has 2 heterocycles. The molecule has 1 aliphatic heterocycles. The van der Waals surface area contributed by atoms with E-state index in [2.05, 4.69) is 31.2 Å². The van der Waals surface area contributed by atoms with Gasteiger partial charge in [-0.15, -0.1) is 0 Å². The van der Waals surface area contributed by atoms with Gasteiger partial charge in [0.1, 0.15) is 18.0 Å². The van der Waals surface area contributed by atoms with E-state index >= 15 is 0 Å². The van der Waals surface area contributed by atoms with Crippen LogP contribution in [-0.2, 0) is 15.7 Å². The molecule has 2 aromatic rings. The number of carbonyl (C=O) groups excluding carboxylic acids is 1. The number of anilines is 1. The van der Waals surface area contributed by atoms with E-state index in [-0.39, 0.29) is 17.4 Å². The van der Waals surface area contributed by atoms with E-state index in [0.29, 0.717) is 16.3 Å². The molecule has 1 saturated heterocycles. The Morgan fingerprint density at radius 1 is 1.35 bits per heavy atom. The van der Waals surface area contributed by atoms with Crippen molar-refractivity contribution < 1.29 is 22.7 Å². The van der Waals surface area contributed by atoms with Gasteiger partial charge in [0.2, 0.25) is 5.82 Å². The molecule has 0 bridgehead atoms. The average molecular weight is 390 g/mol. The molecule has 0 saturated carbocycles. The van der Waals surface area contributed by atoms with Crippen molar-refractivity contribution >= 4 is 38.6 Å². The SMILES string of the molecule is C[C@H]1C[C@H](Nc2nc(C(F)(F)F)nc3ccc(Br)cc23)C(=O)O1. The predicted molar refractivity (Wildman–Crippen MR) is 79.8 cm³/mol. The predicted octanol–water partition coefficient (Wildman–Crippen LogP) is 3.53. The molecule has 0 radical (unpaired) electrons. The summed E-state index contributed by atoms with van der Waals surface area (Å²) in [6, 6.07) is 3.91. The zero-order valence-corrected chi connectivity index (χ0v) is 13.4. The minimum Gasteiger partial charge on any atom is -0.461 e. The molecule has 0 spiro atoms. The molecule has 0 aliphatic carbocycles. The van der Waals surface area contributed by atoms with Gasteiger partial charge in [-0.1, -0.05) is 15.9 Å². The molecule has 1 aromatic heterocycles. The van der Waals surface area contributed by atoms with Crippen LogP contribution in [0, 0.1) is 0 Å². The van der Waals surface area contributed by atoms with Crippen molar-refractivity contribution in [2.24, 2.45) is 0 Å². The number of esters is 1. The third-order valence-corrected chi connectivity index (χ3v) is 3.89. The van der Waals surface area contributed by atoms with Crippen LogP contribution >= 0.6 is 15.9 Å². The van der Waals surface area contributed by atoms with Crippen molar-refractivity contribution in [3.05, 3.63) is 28.5 Å². The molecular weight excluding hydrogens is 379 g/mol. The fraction of sp³-hybridized carbons (Fsp3) is 0.357. The first-order chi connectivity index (χ1) is 10.7. The highest BCUT2D eigenvalue weighted by atomic mass is 79.9. The van der Waals surface area contributed by atoms with Gasteiger partial charge >= 0.3 is 12.1 Å². The summed E-state index contributed by atoms with van der Waals surface area (Å²) in [5, 5.41) is 3.15. The largest absolute Gasteiger partial charge is 0.461 e. The number of cyclic esters (lactones) is 1. The summed E-state index contributed by atoms with van der Waals surface area (Å²) in [5.74, 6) is -1.80. The minimum absolute atomic E-state index is 0.0420. The Labute approximate surface area is 137 Å². The highest BCUT2D eigenvalue weighted by Gasteiger charge is 2.37. The Hall–Kier alpha value is -1.90. The maximum Gasteiger partial charge on any atom is 0.451 e. The van der Waals surface area contributed by atoms with Gasteiger partial charge in [0, 0.05) is 16.3 Å². The van der Waals surface area contributed by atoms with E-state index in [1.807, 2.05) is 0 Å². The van der Waals surface area contributed by atoms with Crippen molar-refractivity contribution in [2.75, 3.05) is 5.32 Å². The number of nitrogens with one attached hydrogen (secondary N) is 1. The van der Waals surface area contributed by atoms with E-state index in [9.17, 15) is 18.0 Å². The fourth-order valence-electron chi connectivity index (χ4n) is 2.38. The molecule has 1 fully saturated rings. The molecule has 1 aromatic carbocycles. The number of hydrogen-bond acceptors (Lipinski definition) is 5. The molecule has 122 valence electrons. The van der Waals surface area contributed by atoms with Crippen molar-refractivity contribution in [1.82, 2.24) is 9.97 Å². The van der Waals surface area contributed by atoms with Gasteiger partial charge in [-0.2, -0.15) is 13.2 Å². The summed E-state index contributed by atoms with van der Waals surface area (Å²) in [7, 11) is 0. The van der Waals surface area contributed by atoms with Crippen molar-refractivity contribution in [3.8, 4) is 0 Å². The zero-order chi connectivity index (χ0) is 16.8. The quantitative estimate of drug-likeness (QED) is 0.796. The number of fused-ring (bicyclic) bond motifs is 1. The minimum atomic E-state index is -4.68. The highest BCUT2D eigenvalue weighted by Crippen LogP contribution is 2.32. The third kappa shape index (κ3) is 3.24. The highest BCUT2D eigenvalue weighted by molar-refractivity contribution is 9.10. The van der Waals surface area contributed by atoms with E-state index in [0.717, 1.165) is 0 Å². The molecule has 9 heteroatoms. The second-order valence-corrected chi connectivity index (χ2v) is 6.15. The number of hydrogen-bond donors (Lipinski definition) is 1. The lowest BCUT2D eigenvalue weighted by atomic mass is 10.1. The molecule has 2 atom stereocenters. The smallest absolute Gasteiger partial charge is 0.451 e. The molecular formula is C14H11BrF3N3O2. The van der Waals surface area contributed by atoms with Gasteiger partial charge in [0.05, 0.1) is 5.52 Å². The van der Waals surface area contributed by atoms with Gasteiger partial charge in [0.25, 0.3) is 0 Å². The average Bonchev–Trinajstić information content (AvgIpc) is 2.76. The number of alkyl halides is 3. The summed E-state index contributed by atoms with van der Waals surface area (Å²) < 4.78 is 44.6. The van der Waals surface area contributed by atoms with Gasteiger partial charge in [-0.05, 0) is 25.1 Å². The number of carbonyl (C=O) groups is 1. The van der Waals surface area contributed by atoms with Gasteiger partial charge in [-0.3, -0.25) is 0 Å². The van der Waals surface area contributed by atoms with Crippen LogP contribution in [0.1, 0.15) is 19.2 Å². The maximum atomic E-state index is 13.0. The normalized spacial score (nSPS) is 21.5. The monoisotopic (exact) mass is 389 g/mol. The van der Waals surface area contributed by atoms with Gasteiger partial charge in [-0.25, -0.2) is 14.8 Å². The van der Waals surface area contributed by atoms with Crippen LogP contribution in [0.4, 0.5) is 19.0 Å². The lowest BCUT2D eigenvalue weighted by Gasteiger charge is -2.14. The molecule has 0 unspecified atom stereocenters.